The van der Waals surface area contributed by atoms with E-state index in [-0.39, 0.29) is 5.91 Å². The monoisotopic (exact) mass is 407 g/mol. The molecule has 1 amide bonds. The Bertz CT molecular complexity index is 1100. The molecule has 4 rings (SSSR count). The normalized spacial score (nSPS) is 10.8. The second-order valence-electron chi connectivity index (χ2n) is 6.11. The Kier molecular flexibility index (Phi) is 5.66. The van der Waals surface area contributed by atoms with E-state index in [4.69, 9.17) is 8.83 Å². The van der Waals surface area contributed by atoms with Gasteiger partial charge in [-0.3, -0.25) is 4.79 Å². The molecule has 0 aliphatic rings. The zero-order valence-electron chi connectivity index (χ0n) is 15.5. The molecule has 4 heterocycles. The maximum Gasteiger partial charge on any atom is 0.226 e. The van der Waals surface area contributed by atoms with Crippen molar-refractivity contribution in [3.63, 3.8) is 0 Å². The van der Waals surface area contributed by atoms with Crippen LogP contribution in [0.1, 0.15) is 12.0 Å². The fourth-order valence-corrected chi connectivity index (χ4v) is 3.31. The van der Waals surface area contributed by atoms with Crippen LogP contribution >= 0.6 is 11.8 Å². The van der Waals surface area contributed by atoms with Crippen LogP contribution in [0.15, 0.2) is 69.1 Å². The van der Waals surface area contributed by atoms with Crippen molar-refractivity contribution >= 4 is 23.5 Å². The number of carbonyl (C=O) groups excluding carboxylic acids is 1. The molecule has 0 saturated carbocycles. The van der Waals surface area contributed by atoms with Gasteiger partial charge in [-0.2, -0.15) is 0 Å². The van der Waals surface area contributed by atoms with Gasteiger partial charge in [0.25, 0.3) is 0 Å². The van der Waals surface area contributed by atoms with Crippen LogP contribution in [0.25, 0.3) is 22.9 Å². The molecule has 0 atom stereocenters. The van der Waals surface area contributed by atoms with E-state index in [0.29, 0.717) is 46.1 Å². The molecule has 0 saturated heterocycles. The summed E-state index contributed by atoms with van der Waals surface area (Å²) in [6.45, 7) is 1.94. The van der Waals surface area contributed by atoms with Gasteiger partial charge >= 0.3 is 0 Å². The lowest BCUT2D eigenvalue weighted by atomic mass is 10.2. The zero-order valence-corrected chi connectivity index (χ0v) is 16.3. The Morgan fingerprint density at radius 2 is 1.83 bits per heavy atom. The summed E-state index contributed by atoms with van der Waals surface area (Å²) in [6.07, 6.45) is 5.09. The molecule has 0 aliphatic heterocycles. The number of aromatic nitrogens is 4. The van der Waals surface area contributed by atoms with E-state index in [2.05, 4.69) is 25.5 Å². The molecule has 29 heavy (non-hydrogen) atoms. The minimum atomic E-state index is -0.123. The van der Waals surface area contributed by atoms with E-state index in [1.54, 1.807) is 43.0 Å². The average Bonchev–Trinajstić information content (AvgIpc) is 3.42. The second-order valence-corrected chi connectivity index (χ2v) is 7.17. The number of anilines is 1. The summed E-state index contributed by atoms with van der Waals surface area (Å²) < 4.78 is 10.9. The van der Waals surface area contributed by atoms with Gasteiger partial charge in [0.2, 0.25) is 11.1 Å². The molecule has 8 nitrogen and oxygen atoms in total. The Morgan fingerprint density at radius 1 is 1.07 bits per heavy atom. The van der Waals surface area contributed by atoms with Gasteiger partial charge in [-0.1, -0.05) is 11.8 Å². The lowest BCUT2D eigenvalue weighted by molar-refractivity contribution is -0.115. The van der Waals surface area contributed by atoms with Crippen LogP contribution in [-0.4, -0.2) is 31.8 Å². The number of aryl methyl sites for hydroxylation is 1. The van der Waals surface area contributed by atoms with Crippen molar-refractivity contribution < 1.29 is 13.6 Å². The SMILES string of the molecule is Cc1ccnc(NC(=O)CCSc2nnc(-c3ccco3)c(-c3ccco3)n2)c1. The van der Waals surface area contributed by atoms with Gasteiger partial charge in [0.15, 0.2) is 17.2 Å². The number of pyridine rings is 1. The number of carbonyl (C=O) groups is 1. The van der Waals surface area contributed by atoms with Gasteiger partial charge in [0.1, 0.15) is 11.5 Å². The van der Waals surface area contributed by atoms with Crippen molar-refractivity contribution in [2.75, 3.05) is 11.1 Å². The predicted molar refractivity (Wildman–Crippen MR) is 108 cm³/mol. The molecule has 0 spiro atoms. The second kappa shape index (κ2) is 8.70. The summed E-state index contributed by atoms with van der Waals surface area (Å²) in [7, 11) is 0. The number of nitrogens with zero attached hydrogens (tertiary/aromatic N) is 4. The summed E-state index contributed by atoms with van der Waals surface area (Å²) in [4.78, 5) is 20.8. The fraction of sp³-hybridized carbons (Fsp3) is 0.150. The van der Waals surface area contributed by atoms with Crippen molar-refractivity contribution in [1.29, 1.82) is 0 Å². The molecule has 4 aromatic rings. The van der Waals surface area contributed by atoms with Crippen LogP contribution in [0.2, 0.25) is 0 Å². The van der Waals surface area contributed by atoms with Crippen molar-refractivity contribution in [1.82, 2.24) is 20.2 Å². The Labute approximate surface area is 170 Å². The standard InChI is InChI=1S/C20H17N5O3S/c1-13-6-8-21-16(12-13)22-17(26)7-11-29-20-23-18(14-4-2-9-27-14)19(24-25-20)15-5-3-10-28-15/h2-6,8-10,12H,7,11H2,1H3,(H,21,22,26). The highest BCUT2D eigenvalue weighted by Crippen LogP contribution is 2.30. The average molecular weight is 407 g/mol. The number of amides is 1. The van der Waals surface area contributed by atoms with Gasteiger partial charge in [0.05, 0.1) is 12.5 Å². The molecular weight excluding hydrogens is 390 g/mol. The maximum absolute atomic E-state index is 12.1. The summed E-state index contributed by atoms with van der Waals surface area (Å²) in [6, 6.07) is 10.8. The molecule has 0 aromatic carbocycles. The molecule has 146 valence electrons. The molecule has 0 bridgehead atoms. The van der Waals surface area contributed by atoms with Crippen molar-refractivity contribution in [3.8, 4) is 22.9 Å². The molecule has 9 heteroatoms. The molecule has 0 aliphatic carbocycles. The first-order valence-corrected chi connectivity index (χ1v) is 9.85. The highest BCUT2D eigenvalue weighted by atomic mass is 32.2. The van der Waals surface area contributed by atoms with Crippen LogP contribution in [0.5, 0.6) is 0 Å². The third kappa shape index (κ3) is 4.69. The summed E-state index contributed by atoms with van der Waals surface area (Å²) in [5.41, 5.74) is 2.07. The highest BCUT2D eigenvalue weighted by molar-refractivity contribution is 7.99. The van der Waals surface area contributed by atoms with Crippen LogP contribution < -0.4 is 5.32 Å². The van der Waals surface area contributed by atoms with Gasteiger partial charge in [-0.25, -0.2) is 9.97 Å². The Hall–Kier alpha value is -3.46. The summed E-state index contributed by atoms with van der Waals surface area (Å²) in [5, 5.41) is 11.6. The van der Waals surface area contributed by atoms with E-state index in [9.17, 15) is 4.79 Å². The number of furan rings is 2. The lowest BCUT2D eigenvalue weighted by Crippen LogP contribution is -2.13. The largest absolute Gasteiger partial charge is 0.463 e. The number of rotatable bonds is 7. The van der Waals surface area contributed by atoms with Gasteiger partial charge in [0, 0.05) is 18.4 Å². The fourth-order valence-electron chi connectivity index (χ4n) is 2.58. The zero-order chi connectivity index (χ0) is 20.1. The van der Waals surface area contributed by atoms with Crippen LogP contribution in [0.4, 0.5) is 5.82 Å². The van der Waals surface area contributed by atoms with Crippen LogP contribution in [0, 0.1) is 6.92 Å². The Morgan fingerprint density at radius 3 is 2.52 bits per heavy atom. The van der Waals surface area contributed by atoms with Crippen molar-refractivity contribution in [2.45, 2.75) is 18.5 Å². The van der Waals surface area contributed by atoms with E-state index in [1.807, 2.05) is 19.1 Å². The third-order valence-electron chi connectivity index (χ3n) is 3.92. The number of thioether (sulfide) groups is 1. The Balaban J connectivity index is 1.43. The van der Waals surface area contributed by atoms with Gasteiger partial charge in [-0.15, -0.1) is 10.2 Å². The van der Waals surface area contributed by atoms with Gasteiger partial charge < -0.3 is 14.2 Å². The minimum Gasteiger partial charge on any atom is -0.463 e. The molecule has 1 N–H and O–H groups in total. The summed E-state index contributed by atoms with van der Waals surface area (Å²) in [5.74, 6) is 2.04. The first kappa shape index (κ1) is 18.9. The molecule has 0 unspecified atom stereocenters. The van der Waals surface area contributed by atoms with Crippen LogP contribution in [0.3, 0.4) is 0 Å². The summed E-state index contributed by atoms with van der Waals surface area (Å²) >= 11 is 1.34. The topological polar surface area (TPSA) is 107 Å². The number of hydrogen-bond donors (Lipinski definition) is 1. The highest BCUT2D eigenvalue weighted by Gasteiger charge is 2.18. The first-order valence-electron chi connectivity index (χ1n) is 8.87. The lowest BCUT2D eigenvalue weighted by Gasteiger charge is -2.06. The maximum atomic E-state index is 12.1. The number of nitrogens with one attached hydrogen (secondary N) is 1. The van der Waals surface area contributed by atoms with Gasteiger partial charge in [-0.05, 0) is 48.9 Å². The van der Waals surface area contributed by atoms with E-state index >= 15 is 0 Å². The number of hydrogen-bond acceptors (Lipinski definition) is 8. The smallest absolute Gasteiger partial charge is 0.226 e. The van der Waals surface area contributed by atoms with E-state index in [0.717, 1.165) is 5.56 Å². The molecule has 0 radical (unpaired) electrons. The van der Waals surface area contributed by atoms with Crippen molar-refractivity contribution in [3.05, 3.63) is 60.7 Å². The third-order valence-corrected chi connectivity index (χ3v) is 4.76. The van der Waals surface area contributed by atoms with Crippen LogP contribution in [-0.2, 0) is 4.79 Å². The van der Waals surface area contributed by atoms with E-state index < -0.39 is 0 Å². The van der Waals surface area contributed by atoms with Crippen molar-refractivity contribution in [2.24, 2.45) is 0 Å². The first-order chi connectivity index (χ1) is 14.2. The molecule has 4 aromatic heterocycles. The van der Waals surface area contributed by atoms with E-state index in [1.165, 1.54) is 11.8 Å². The quantitative estimate of drug-likeness (QED) is 0.454. The molecular formula is C20H17N5O3S. The predicted octanol–water partition coefficient (Wildman–Crippen LogP) is 4.22. The minimum absolute atomic E-state index is 0.123. The molecule has 0 fully saturated rings.